The molecule has 2 amide bonds. The summed E-state index contributed by atoms with van der Waals surface area (Å²) in [5.74, 6) is -0.702. The molecule has 4 N–H and O–H groups in total. The second kappa shape index (κ2) is 9.10. The Bertz CT molecular complexity index is 671. The zero-order chi connectivity index (χ0) is 20.0. The minimum atomic E-state index is -0.807. The second-order valence-corrected chi connectivity index (χ2v) is 7.65. The number of rotatable bonds is 10. The molecule has 148 valence electrons. The van der Waals surface area contributed by atoms with Gasteiger partial charge in [0, 0.05) is 6.42 Å². The number of amides is 2. The highest BCUT2D eigenvalue weighted by molar-refractivity contribution is 5.95. The van der Waals surface area contributed by atoms with Crippen LogP contribution in [0.15, 0.2) is 30.3 Å². The van der Waals surface area contributed by atoms with Gasteiger partial charge in [-0.3, -0.25) is 14.4 Å². The average molecular weight is 375 g/mol. The largest absolute Gasteiger partial charge is 0.362 e. The molecule has 1 aromatic rings. The number of benzene rings is 1. The molecule has 3 atom stereocenters. The maximum absolute atomic E-state index is 12.6. The Morgan fingerprint density at radius 3 is 2.37 bits per heavy atom. The fraction of sp³-hybridized carbons (Fsp3) is 0.550. The van der Waals surface area contributed by atoms with Gasteiger partial charge in [-0.2, -0.15) is 0 Å². The summed E-state index contributed by atoms with van der Waals surface area (Å²) in [4.78, 5) is 37.0. The standard InChI is InChI=1S/C20H29N3O4/c1-13(2)9-15(21)18(25)23-16(10-14-7-5-4-6-8-14)19(26)22-11-17(24)20(3)12-27-20/h4-8,13,15-16H,9-12,21H2,1-3H3,(H,22,26)(H,23,25)/t15-,16-,20+/m0/s1. The van der Waals surface area contributed by atoms with Crippen molar-refractivity contribution in [1.29, 1.82) is 0 Å². The summed E-state index contributed by atoms with van der Waals surface area (Å²) >= 11 is 0. The van der Waals surface area contributed by atoms with E-state index in [1.165, 1.54) is 0 Å². The van der Waals surface area contributed by atoms with Gasteiger partial charge in [-0.1, -0.05) is 44.2 Å². The minimum absolute atomic E-state index is 0.130. The summed E-state index contributed by atoms with van der Waals surface area (Å²) in [5, 5.41) is 5.34. The topological polar surface area (TPSA) is 114 Å². The van der Waals surface area contributed by atoms with E-state index in [9.17, 15) is 14.4 Å². The summed E-state index contributed by atoms with van der Waals surface area (Å²) in [6.45, 7) is 5.89. The summed E-state index contributed by atoms with van der Waals surface area (Å²) in [6.07, 6.45) is 0.842. The predicted octanol–water partition coefficient (Wildman–Crippen LogP) is 0.562. The number of nitrogens with one attached hydrogen (secondary N) is 2. The van der Waals surface area contributed by atoms with Crippen LogP contribution in [0.2, 0.25) is 0 Å². The lowest BCUT2D eigenvalue weighted by Crippen LogP contribution is -2.53. The first-order valence-corrected chi connectivity index (χ1v) is 9.26. The lowest BCUT2D eigenvalue weighted by atomic mass is 10.0. The molecule has 7 nitrogen and oxygen atoms in total. The molecule has 0 aromatic heterocycles. The van der Waals surface area contributed by atoms with Crippen LogP contribution in [0.1, 0.15) is 32.8 Å². The third-order valence-electron chi connectivity index (χ3n) is 4.57. The first-order chi connectivity index (χ1) is 12.7. The Hall–Kier alpha value is -2.25. The summed E-state index contributed by atoms with van der Waals surface area (Å²) in [7, 11) is 0. The van der Waals surface area contributed by atoms with E-state index in [2.05, 4.69) is 10.6 Å². The maximum Gasteiger partial charge on any atom is 0.243 e. The molecular weight excluding hydrogens is 346 g/mol. The van der Waals surface area contributed by atoms with Crippen molar-refractivity contribution in [2.24, 2.45) is 11.7 Å². The van der Waals surface area contributed by atoms with Gasteiger partial charge in [0.2, 0.25) is 11.8 Å². The quantitative estimate of drug-likeness (QED) is 0.517. The van der Waals surface area contributed by atoms with E-state index in [1.807, 2.05) is 44.2 Å². The highest BCUT2D eigenvalue weighted by atomic mass is 16.6. The molecule has 27 heavy (non-hydrogen) atoms. The van der Waals surface area contributed by atoms with Crippen LogP contribution in [0.4, 0.5) is 0 Å². The molecule has 1 aromatic carbocycles. The Kier molecular flexibility index (Phi) is 7.10. The van der Waals surface area contributed by atoms with Crippen LogP contribution in [0, 0.1) is 5.92 Å². The van der Waals surface area contributed by atoms with Gasteiger partial charge in [0.25, 0.3) is 0 Å². The Morgan fingerprint density at radius 2 is 1.81 bits per heavy atom. The molecule has 0 unspecified atom stereocenters. The third-order valence-corrected chi connectivity index (χ3v) is 4.57. The van der Waals surface area contributed by atoms with Gasteiger partial charge in [0.05, 0.1) is 19.2 Å². The molecule has 0 spiro atoms. The first-order valence-electron chi connectivity index (χ1n) is 9.26. The van der Waals surface area contributed by atoms with Crippen LogP contribution in [-0.2, 0) is 25.5 Å². The fourth-order valence-corrected chi connectivity index (χ4v) is 2.70. The van der Waals surface area contributed by atoms with Gasteiger partial charge in [-0.25, -0.2) is 0 Å². The number of ether oxygens (including phenoxy) is 1. The molecule has 1 aliphatic heterocycles. The van der Waals surface area contributed by atoms with Crippen LogP contribution >= 0.6 is 0 Å². The van der Waals surface area contributed by atoms with E-state index in [0.717, 1.165) is 5.56 Å². The normalized spacial score (nSPS) is 20.6. The van der Waals surface area contributed by atoms with Crippen LogP contribution in [0.3, 0.4) is 0 Å². The molecule has 0 radical (unpaired) electrons. The molecule has 0 bridgehead atoms. The monoisotopic (exact) mass is 375 g/mol. The van der Waals surface area contributed by atoms with Gasteiger partial charge < -0.3 is 21.1 Å². The number of ketones is 1. The molecule has 0 aliphatic carbocycles. The molecule has 0 saturated carbocycles. The lowest BCUT2D eigenvalue weighted by Gasteiger charge is -2.21. The van der Waals surface area contributed by atoms with E-state index < -0.39 is 23.6 Å². The van der Waals surface area contributed by atoms with Crippen molar-refractivity contribution < 1.29 is 19.1 Å². The van der Waals surface area contributed by atoms with Gasteiger partial charge in [-0.05, 0) is 24.8 Å². The summed E-state index contributed by atoms with van der Waals surface area (Å²) < 4.78 is 5.09. The van der Waals surface area contributed by atoms with Crippen molar-refractivity contribution in [3.63, 3.8) is 0 Å². The van der Waals surface area contributed by atoms with E-state index in [-0.39, 0.29) is 24.2 Å². The fourth-order valence-electron chi connectivity index (χ4n) is 2.70. The van der Waals surface area contributed by atoms with Crippen molar-refractivity contribution in [2.45, 2.75) is 51.3 Å². The molecular formula is C20H29N3O4. The number of epoxide rings is 1. The van der Waals surface area contributed by atoms with Crippen LogP contribution in [-0.4, -0.2) is 48.4 Å². The highest BCUT2D eigenvalue weighted by Gasteiger charge is 2.46. The van der Waals surface area contributed by atoms with E-state index in [1.54, 1.807) is 6.92 Å². The number of carbonyl (C=O) groups is 3. The van der Waals surface area contributed by atoms with Crippen molar-refractivity contribution in [1.82, 2.24) is 10.6 Å². The molecule has 2 rings (SSSR count). The smallest absolute Gasteiger partial charge is 0.243 e. The van der Waals surface area contributed by atoms with Crippen molar-refractivity contribution in [3.05, 3.63) is 35.9 Å². The molecule has 1 heterocycles. The van der Waals surface area contributed by atoms with Crippen molar-refractivity contribution in [2.75, 3.05) is 13.2 Å². The maximum atomic E-state index is 12.6. The van der Waals surface area contributed by atoms with E-state index >= 15 is 0 Å². The van der Waals surface area contributed by atoms with Crippen LogP contribution in [0.5, 0.6) is 0 Å². The van der Waals surface area contributed by atoms with Crippen LogP contribution < -0.4 is 16.4 Å². The Balaban J connectivity index is 2.00. The number of Topliss-reactive ketones (excluding diaryl/α,β-unsaturated/α-hetero) is 1. The summed E-state index contributed by atoms with van der Waals surface area (Å²) in [6, 6.07) is 7.88. The Labute approximate surface area is 160 Å². The van der Waals surface area contributed by atoms with Gasteiger partial charge in [-0.15, -0.1) is 0 Å². The van der Waals surface area contributed by atoms with Gasteiger partial charge >= 0.3 is 0 Å². The SMILES string of the molecule is CC(C)C[C@H](N)C(=O)N[C@@H](Cc1ccccc1)C(=O)NCC(=O)[C@@]1(C)CO1. The number of nitrogens with two attached hydrogens (primary N) is 1. The minimum Gasteiger partial charge on any atom is -0.362 e. The average Bonchev–Trinajstić information content (AvgIpc) is 3.37. The zero-order valence-corrected chi connectivity index (χ0v) is 16.2. The van der Waals surface area contributed by atoms with Gasteiger partial charge in [0.15, 0.2) is 5.78 Å². The van der Waals surface area contributed by atoms with Gasteiger partial charge in [0.1, 0.15) is 11.6 Å². The van der Waals surface area contributed by atoms with E-state index in [0.29, 0.717) is 19.4 Å². The van der Waals surface area contributed by atoms with Crippen molar-refractivity contribution in [3.8, 4) is 0 Å². The number of hydrogen-bond acceptors (Lipinski definition) is 5. The van der Waals surface area contributed by atoms with E-state index in [4.69, 9.17) is 10.5 Å². The third kappa shape index (κ3) is 6.45. The lowest BCUT2D eigenvalue weighted by molar-refractivity contribution is -0.131. The zero-order valence-electron chi connectivity index (χ0n) is 16.2. The molecule has 1 saturated heterocycles. The summed E-state index contributed by atoms with van der Waals surface area (Å²) in [5.41, 5.74) is 6.05. The molecule has 7 heteroatoms. The number of carbonyl (C=O) groups excluding carboxylic acids is 3. The predicted molar refractivity (Wildman–Crippen MR) is 102 cm³/mol. The second-order valence-electron chi connectivity index (χ2n) is 7.65. The molecule has 1 fully saturated rings. The Morgan fingerprint density at radius 1 is 1.19 bits per heavy atom. The number of hydrogen-bond donors (Lipinski definition) is 3. The van der Waals surface area contributed by atoms with Crippen LogP contribution in [0.25, 0.3) is 0 Å². The molecule has 1 aliphatic rings. The van der Waals surface area contributed by atoms with Crippen molar-refractivity contribution >= 4 is 17.6 Å². The first kappa shape index (κ1) is 21.1. The highest BCUT2D eigenvalue weighted by Crippen LogP contribution is 2.26.